The summed E-state index contributed by atoms with van der Waals surface area (Å²) in [4.78, 5) is 41.8. The van der Waals surface area contributed by atoms with Crippen molar-refractivity contribution in [3.05, 3.63) is 33.9 Å². The van der Waals surface area contributed by atoms with Crippen molar-refractivity contribution in [3.63, 3.8) is 0 Å². The standard InChI is InChI=1S/C20H29N5O4/c1-21-17-7-6-16(14-18(17)25(28)29)20(27)24-12-10-22(11-13-24)15-19(26)23-8-4-2-3-5-9-23/h6-7,14,21H,2-5,8-13,15H2,1H3. The van der Waals surface area contributed by atoms with Crippen LogP contribution < -0.4 is 5.32 Å². The van der Waals surface area contributed by atoms with Gasteiger partial charge >= 0.3 is 0 Å². The minimum Gasteiger partial charge on any atom is -0.383 e. The fraction of sp³-hybridized carbons (Fsp3) is 0.600. The molecule has 3 rings (SSSR count). The van der Waals surface area contributed by atoms with Crippen LogP contribution >= 0.6 is 0 Å². The number of nitro groups is 1. The van der Waals surface area contributed by atoms with Gasteiger partial charge in [0.05, 0.1) is 11.5 Å². The quantitative estimate of drug-likeness (QED) is 0.595. The maximum absolute atomic E-state index is 12.8. The van der Waals surface area contributed by atoms with Crippen LogP contribution in [-0.4, -0.2) is 84.3 Å². The largest absolute Gasteiger partial charge is 0.383 e. The maximum Gasteiger partial charge on any atom is 0.293 e. The molecule has 2 heterocycles. The minimum absolute atomic E-state index is 0.111. The second-order valence-corrected chi connectivity index (χ2v) is 7.60. The van der Waals surface area contributed by atoms with E-state index in [2.05, 4.69) is 10.2 Å². The van der Waals surface area contributed by atoms with Crippen molar-refractivity contribution < 1.29 is 14.5 Å². The monoisotopic (exact) mass is 403 g/mol. The lowest BCUT2D eigenvalue weighted by Crippen LogP contribution is -2.51. The number of likely N-dealkylation sites (tertiary alicyclic amines) is 1. The molecule has 158 valence electrons. The van der Waals surface area contributed by atoms with E-state index in [1.54, 1.807) is 24.1 Å². The smallest absolute Gasteiger partial charge is 0.293 e. The number of benzene rings is 1. The Bertz CT molecular complexity index is 753. The van der Waals surface area contributed by atoms with Gasteiger partial charge in [0.2, 0.25) is 5.91 Å². The van der Waals surface area contributed by atoms with Gasteiger partial charge in [-0.2, -0.15) is 0 Å². The van der Waals surface area contributed by atoms with Crippen LogP contribution in [0.25, 0.3) is 0 Å². The molecule has 0 bridgehead atoms. The van der Waals surface area contributed by atoms with Gasteiger partial charge < -0.3 is 15.1 Å². The van der Waals surface area contributed by atoms with Crippen LogP contribution in [0.4, 0.5) is 11.4 Å². The lowest BCUT2D eigenvalue weighted by molar-refractivity contribution is -0.384. The Balaban J connectivity index is 1.55. The lowest BCUT2D eigenvalue weighted by atomic mass is 10.1. The third-order valence-electron chi connectivity index (χ3n) is 5.69. The van der Waals surface area contributed by atoms with Gasteiger partial charge in [-0.3, -0.25) is 24.6 Å². The van der Waals surface area contributed by atoms with Crippen LogP contribution in [0.5, 0.6) is 0 Å². The molecular weight excluding hydrogens is 374 g/mol. The molecule has 2 amide bonds. The Morgan fingerprint density at radius 1 is 1.00 bits per heavy atom. The molecule has 0 spiro atoms. The number of carbonyl (C=O) groups is 2. The van der Waals surface area contributed by atoms with Gasteiger partial charge in [0.1, 0.15) is 5.69 Å². The molecule has 2 aliphatic rings. The second-order valence-electron chi connectivity index (χ2n) is 7.60. The van der Waals surface area contributed by atoms with Crippen LogP contribution in [-0.2, 0) is 4.79 Å². The predicted molar refractivity (Wildman–Crippen MR) is 110 cm³/mol. The predicted octanol–water partition coefficient (Wildman–Crippen LogP) is 1.80. The highest BCUT2D eigenvalue weighted by Crippen LogP contribution is 2.26. The molecule has 0 radical (unpaired) electrons. The molecule has 29 heavy (non-hydrogen) atoms. The highest BCUT2D eigenvalue weighted by atomic mass is 16.6. The van der Waals surface area contributed by atoms with E-state index in [4.69, 9.17) is 0 Å². The molecule has 9 nitrogen and oxygen atoms in total. The summed E-state index contributed by atoms with van der Waals surface area (Å²) in [5.41, 5.74) is 0.577. The van der Waals surface area contributed by atoms with E-state index in [0.29, 0.717) is 44.0 Å². The molecule has 0 saturated carbocycles. The number of nitrogens with one attached hydrogen (secondary N) is 1. The number of amides is 2. The van der Waals surface area contributed by atoms with Gasteiger partial charge in [0.25, 0.3) is 11.6 Å². The molecule has 0 atom stereocenters. The number of nitrogens with zero attached hydrogens (tertiary/aromatic N) is 4. The molecule has 0 aromatic heterocycles. The first-order chi connectivity index (χ1) is 14.0. The van der Waals surface area contributed by atoms with E-state index in [0.717, 1.165) is 25.9 Å². The third kappa shape index (κ3) is 5.23. The van der Waals surface area contributed by atoms with Crippen molar-refractivity contribution in [3.8, 4) is 0 Å². The van der Waals surface area contributed by atoms with Crippen molar-refractivity contribution in [1.29, 1.82) is 0 Å². The molecule has 2 saturated heterocycles. The summed E-state index contributed by atoms with van der Waals surface area (Å²) < 4.78 is 0. The van der Waals surface area contributed by atoms with Gasteiger partial charge in [0.15, 0.2) is 0 Å². The van der Waals surface area contributed by atoms with E-state index >= 15 is 0 Å². The van der Waals surface area contributed by atoms with Crippen LogP contribution in [0, 0.1) is 10.1 Å². The fourth-order valence-corrected chi connectivity index (χ4v) is 3.93. The van der Waals surface area contributed by atoms with Crippen molar-refractivity contribution >= 4 is 23.2 Å². The summed E-state index contributed by atoms with van der Waals surface area (Å²) in [7, 11) is 1.61. The van der Waals surface area contributed by atoms with Crippen molar-refractivity contribution in [2.75, 3.05) is 58.2 Å². The number of anilines is 1. The Morgan fingerprint density at radius 2 is 1.66 bits per heavy atom. The highest BCUT2D eigenvalue weighted by Gasteiger charge is 2.26. The van der Waals surface area contributed by atoms with Crippen LogP contribution in [0.3, 0.4) is 0 Å². The summed E-state index contributed by atoms with van der Waals surface area (Å²) in [6.45, 7) is 4.35. The van der Waals surface area contributed by atoms with Crippen LogP contribution in [0.15, 0.2) is 18.2 Å². The average Bonchev–Trinajstić information content (AvgIpc) is 3.03. The first kappa shape index (κ1) is 21.0. The highest BCUT2D eigenvalue weighted by molar-refractivity contribution is 5.95. The number of rotatable bonds is 5. The van der Waals surface area contributed by atoms with Gasteiger partial charge in [0, 0.05) is 57.9 Å². The molecule has 1 aromatic carbocycles. The van der Waals surface area contributed by atoms with Gasteiger partial charge in [-0.25, -0.2) is 0 Å². The molecule has 9 heteroatoms. The van der Waals surface area contributed by atoms with E-state index < -0.39 is 4.92 Å². The Hall–Kier alpha value is -2.68. The van der Waals surface area contributed by atoms with Gasteiger partial charge in [-0.15, -0.1) is 0 Å². The topological polar surface area (TPSA) is 99.0 Å². The Labute approximate surface area is 170 Å². The first-order valence-corrected chi connectivity index (χ1v) is 10.2. The Kier molecular flexibility index (Phi) is 7.03. The zero-order valence-corrected chi connectivity index (χ0v) is 16.9. The van der Waals surface area contributed by atoms with Crippen molar-refractivity contribution in [1.82, 2.24) is 14.7 Å². The minimum atomic E-state index is -0.491. The maximum atomic E-state index is 12.8. The fourth-order valence-electron chi connectivity index (χ4n) is 3.93. The Morgan fingerprint density at radius 3 is 2.24 bits per heavy atom. The summed E-state index contributed by atoms with van der Waals surface area (Å²) in [6.07, 6.45) is 4.54. The SMILES string of the molecule is CNc1ccc(C(=O)N2CCN(CC(=O)N3CCCCCC3)CC2)cc1[N+](=O)[O-]. The van der Waals surface area contributed by atoms with Crippen LogP contribution in [0.2, 0.25) is 0 Å². The molecule has 0 unspecified atom stereocenters. The number of hydrogen-bond donors (Lipinski definition) is 1. The van der Waals surface area contributed by atoms with E-state index in [1.807, 2.05) is 4.90 Å². The molecule has 0 aliphatic carbocycles. The van der Waals surface area contributed by atoms with Crippen LogP contribution in [0.1, 0.15) is 36.0 Å². The first-order valence-electron chi connectivity index (χ1n) is 10.2. The van der Waals surface area contributed by atoms with Gasteiger partial charge in [-0.05, 0) is 25.0 Å². The molecular formula is C20H29N5O4. The zero-order valence-electron chi connectivity index (χ0n) is 16.9. The molecule has 2 aliphatic heterocycles. The van der Waals surface area contributed by atoms with E-state index in [1.165, 1.54) is 18.9 Å². The molecule has 2 fully saturated rings. The normalized spacial score (nSPS) is 18.2. The van der Waals surface area contributed by atoms with Gasteiger partial charge in [-0.1, -0.05) is 12.8 Å². The summed E-state index contributed by atoms with van der Waals surface area (Å²) in [6, 6.07) is 4.49. The molecule has 1 aromatic rings. The number of piperazine rings is 1. The summed E-state index contributed by atoms with van der Waals surface area (Å²) in [5.74, 6) is -0.0424. The average molecular weight is 403 g/mol. The number of nitro benzene ring substituents is 1. The third-order valence-corrected chi connectivity index (χ3v) is 5.69. The van der Waals surface area contributed by atoms with Crippen molar-refractivity contribution in [2.24, 2.45) is 0 Å². The molecule has 1 N–H and O–H groups in total. The second kappa shape index (κ2) is 9.69. The van der Waals surface area contributed by atoms with Crippen molar-refractivity contribution in [2.45, 2.75) is 25.7 Å². The van der Waals surface area contributed by atoms with E-state index in [-0.39, 0.29) is 17.5 Å². The number of carbonyl (C=O) groups excluding carboxylic acids is 2. The number of hydrogen-bond acceptors (Lipinski definition) is 6. The lowest BCUT2D eigenvalue weighted by Gasteiger charge is -2.35. The summed E-state index contributed by atoms with van der Waals surface area (Å²) >= 11 is 0. The zero-order chi connectivity index (χ0) is 20.8. The van der Waals surface area contributed by atoms with E-state index in [9.17, 15) is 19.7 Å². The summed E-state index contributed by atoms with van der Waals surface area (Å²) in [5, 5.41) is 14.0.